The summed E-state index contributed by atoms with van der Waals surface area (Å²) in [5, 5.41) is 0.872. The average molecular weight is 393 g/mol. The van der Waals surface area contributed by atoms with Crippen LogP contribution in [-0.4, -0.2) is 47.0 Å². The Labute approximate surface area is 169 Å². The summed E-state index contributed by atoms with van der Waals surface area (Å²) in [6.45, 7) is 9.35. The van der Waals surface area contributed by atoms with Crippen LogP contribution in [0.15, 0.2) is 42.7 Å². The molecule has 144 valence electrons. The van der Waals surface area contributed by atoms with Crippen molar-refractivity contribution >= 4 is 22.9 Å². The van der Waals surface area contributed by atoms with E-state index in [1.807, 2.05) is 24.0 Å². The quantitative estimate of drug-likeness (QED) is 0.674. The van der Waals surface area contributed by atoms with Crippen molar-refractivity contribution in [2.45, 2.75) is 20.8 Å². The molecule has 2 aromatic heterocycles. The van der Waals surface area contributed by atoms with E-state index in [1.54, 1.807) is 12.4 Å². The number of amides is 1. The lowest BCUT2D eigenvalue weighted by atomic mass is 10.1. The van der Waals surface area contributed by atoms with Crippen LogP contribution in [0.25, 0.3) is 10.6 Å². The number of aromatic nitrogens is 2. The van der Waals surface area contributed by atoms with Crippen LogP contribution >= 0.6 is 11.3 Å². The second-order valence-electron chi connectivity index (χ2n) is 7.24. The highest BCUT2D eigenvalue weighted by Crippen LogP contribution is 2.29. The van der Waals surface area contributed by atoms with Crippen molar-refractivity contribution in [3.05, 3.63) is 64.4 Å². The summed E-state index contributed by atoms with van der Waals surface area (Å²) in [5.74, 6) is 0.0931. The number of nitrogens with zero attached hydrogens (tertiary/aromatic N) is 4. The molecule has 0 spiro atoms. The SMILES string of the molecule is Cc1ccc(N2CCN(C(=O)c3sc(-c4ccncc4)nc3C)CC2)c(C)c1. The fourth-order valence-electron chi connectivity index (χ4n) is 3.67. The van der Waals surface area contributed by atoms with Gasteiger partial charge in [-0.25, -0.2) is 4.98 Å². The van der Waals surface area contributed by atoms with E-state index >= 15 is 0 Å². The molecule has 1 fully saturated rings. The number of aryl methyl sites for hydroxylation is 3. The van der Waals surface area contributed by atoms with Gasteiger partial charge in [0.1, 0.15) is 9.88 Å². The van der Waals surface area contributed by atoms with E-state index in [0.717, 1.165) is 47.3 Å². The Bertz CT molecular complexity index is 991. The van der Waals surface area contributed by atoms with E-state index < -0.39 is 0 Å². The second-order valence-corrected chi connectivity index (χ2v) is 8.24. The topological polar surface area (TPSA) is 49.3 Å². The Morgan fingerprint density at radius 2 is 1.71 bits per heavy atom. The van der Waals surface area contributed by atoms with E-state index in [0.29, 0.717) is 0 Å². The van der Waals surface area contributed by atoms with Gasteiger partial charge in [0.15, 0.2) is 0 Å². The minimum atomic E-state index is 0.0931. The zero-order valence-electron chi connectivity index (χ0n) is 16.5. The van der Waals surface area contributed by atoms with Gasteiger partial charge >= 0.3 is 0 Å². The second kappa shape index (κ2) is 7.72. The molecule has 3 heterocycles. The number of benzene rings is 1. The van der Waals surface area contributed by atoms with Crippen molar-refractivity contribution in [1.82, 2.24) is 14.9 Å². The van der Waals surface area contributed by atoms with Gasteiger partial charge in [0.2, 0.25) is 0 Å². The monoisotopic (exact) mass is 392 g/mol. The molecule has 0 N–H and O–H groups in total. The predicted molar refractivity (Wildman–Crippen MR) is 114 cm³/mol. The highest BCUT2D eigenvalue weighted by atomic mass is 32.1. The molecule has 0 bridgehead atoms. The zero-order valence-corrected chi connectivity index (χ0v) is 17.3. The van der Waals surface area contributed by atoms with Crippen molar-refractivity contribution in [2.24, 2.45) is 0 Å². The lowest BCUT2D eigenvalue weighted by Gasteiger charge is -2.36. The first kappa shape index (κ1) is 18.6. The van der Waals surface area contributed by atoms with E-state index in [4.69, 9.17) is 0 Å². The zero-order chi connectivity index (χ0) is 19.7. The number of anilines is 1. The smallest absolute Gasteiger partial charge is 0.265 e. The first-order valence-corrected chi connectivity index (χ1v) is 10.3. The molecule has 0 unspecified atom stereocenters. The summed E-state index contributed by atoms with van der Waals surface area (Å²) in [6, 6.07) is 10.4. The summed E-state index contributed by atoms with van der Waals surface area (Å²) in [7, 11) is 0. The summed E-state index contributed by atoms with van der Waals surface area (Å²) >= 11 is 1.47. The largest absolute Gasteiger partial charge is 0.368 e. The van der Waals surface area contributed by atoms with Gasteiger partial charge in [-0.15, -0.1) is 11.3 Å². The third kappa shape index (κ3) is 3.64. The Balaban J connectivity index is 1.46. The molecular weight excluding hydrogens is 368 g/mol. The van der Waals surface area contributed by atoms with Crippen molar-refractivity contribution in [3.63, 3.8) is 0 Å². The highest BCUT2D eigenvalue weighted by molar-refractivity contribution is 7.17. The van der Waals surface area contributed by atoms with Gasteiger partial charge in [-0.05, 0) is 44.5 Å². The number of carbonyl (C=O) groups is 1. The van der Waals surface area contributed by atoms with Crippen molar-refractivity contribution in [1.29, 1.82) is 0 Å². The van der Waals surface area contributed by atoms with Gasteiger partial charge in [-0.3, -0.25) is 9.78 Å². The van der Waals surface area contributed by atoms with Gasteiger partial charge in [0.25, 0.3) is 5.91 Å². The molecule has 3 aromatic rings. The summed E-state index contributed by atoms with van der Waals surface area (Å²) in [5.41, 5.74) is 5.65. The van der Waals surface area contributed by atoms with Crippen molar-refractivity contribution in [3.8, 4) is 10.6 Å². The van der Waals surface area contributed by atoms with E-state index in [9.17, 15) is 4.79 Å². The van der Waals surface area contributed by atoms with Crippen LogP contribution in [0.5, 0.6) is 0 Å². The third-order valence-electron chi connectivity index (χ3n) is 5.18. The van der Waals surface area contributed by atoms with E-state index in [2.05, 4.69) is 46.9 Å². The van der Waals surface area contributed by atoms with Crippen LogP contribution in [0.2, 0.25) is 0 Å². The molecular formula is C22H24N4OS. The van der Waals surface area contributed by atoms with Crippen molar-refractivity contribution in [2.75, 3.05) is 31.1 Å². The number of hydrogen-bond acceptors (Lipinski definition) is 5. The maximum Gasteiger partial charge on any atom is 0.265 e. The minimum Gasteiger partial charge on any atom is -0.368 e. The van der Waals surface area contributed by atoms with Gasteiger partial charge < -0.3 is 9.80 Å². The third-order valence-corrected chi connectivity index (χ3v) is 6.37. The standard InChI is InChI=1S/C22H24N4OS/c1-15-4-5-19(16(2)14-15)25-10-12-26(13-11-25)22(27)20-17(3)24-21(28-20)18-6-8-23-9-7-18/h4-9,14H,10-13H2,1-3H3. The molecule has 1 amide bonds. The molecule has 5 nitrogen and oxygen atoms in total. The molecule has 1 aliphatic rings. The average Bonchev–Trinajstić information content (AvgIpc) is 3.10. The molecule has 1 aliphatic heterocycles. The van der Waals surface area contributed by atoms with Gasteiger partial charge in [0.05, 0.1) is 5.69 Å². The first-order valence-electron chi connectivity index (χ1n) is 9.52. The highest BCUT2D eigenvalue weighted by Gasteiger charge is 2.26. The number of piperazine rings is 1. The van der Waals surface area contributed by atoms with Gasteiger partial charge in [-0.2, -0.15) is 0 Å². The molecule has 1 aromatic carbocycles. The maximum absolute atomic E-state index is 13.1. The van der Waals surface area contributed by atoms with E-state index in [-0.39, 0.29) is 5.91 Å². The lowest BCUT2D eigenvalue weighted by Crippen LogP contribution is -2.49. The van der Waals surface area contributed by atoms with Crippen LogP contribution in [0, 0.1) is 20.8 Å². The Hall–Kier alpha value is -2.73. The maximum atomic E-state index is 13.1. The number of carbonyl (C=O) groups excluding carboxylic acids is 1. The number of rotatable bonds is 3. The Kier molecular flexibility index (Phi) is 5.13. The molecule has 0 saturated carbocycles. The summed E-state index contributed by atoms with van der Waals surface area (Å²) < 4.78 is 0. The van der Waals surface area contributed by atoms with Crippen LogP contribution in [0.4, 0.5) is 5.69 Å². The molecule has 6 heteroatoms. The molecule has 0 aliphatic carbocycles. The Morgan fingerprint density at radius 1 is 1.00 bits per heavy atom. The lowest BCUT2D eigenvalue weighted by molar-refractivity contribution is 0.0750. The van der Waals surface area contributed by atoms with Gasteiger partial charge in [0, 0.05) is 49.8 Å². The molecule has 1 saturated heterocycles. The van der Waals surface area contributed by atoms with Crippen molar-refractivity contribution < 1.29 is 4.79 Å². The van der Waals surface area contributed by atoms with Crippen LogP contribution < -0.4 is 4.90 Å². The molecule has 4 rings (SSSR count). The predicted octanol–water partition coefficient (Wildman–Crippen LogP) is 4.09. The summed E-state index contributed by atoms with van der Waals surface area (Å²) in [4.78, 5) is 26.8. The number of hydrogen-bond donors (Lipinski definition) is 0. The molecule has 0 radical (unpaired) electrons. The first-order chi connectivity index (χ1) is 13.5. The Morgan fingerprint density at radius 3 is 2.39 bits per heavy atom. The normalized spacial score (nSPS) is 14.4. The molecule has 28 heavy (non-hydrogen) atoms. The fraction of sp³-hybridized carbons (Fsp3) is 0.318. The van der Waals surface area contributed by atoms with E-state index in [1.165, 1.54) is 28.2 Å². The summed E-state index contributed by atoms with van der Waals surface area (Å²) in [6.07, 6.45) is 3.50. The number of pyridine rings is 1. The molecule has 0 atom stereocenters. The van der Waals surface area contributed by atoms with Gasteiger partial charge in [-0.1, -0.05) is 17.7 Å². The van der Waals surface area contributed by atoms with Crippen LogP contribution in [0.1, 0.15) is 26.5 Å². The minimum absolute atomic E-state index is 0.0931. The van der Waals surface area contributed by atoms with Crippen LogP contribution in [-0.2, 0) is 0 Å². The number of thiazole rings is 1. The fourth-order valence-corrected chi connectivity index (χ4v) is 4.71. The van der Waals surface area contributed by atoms with Crippen LogP contribution in [0.3, 0.4) is 0 Å².